The van der Waals surface area contributed by atoms with Crippen molar-refractivity contribution in [3.05, 3.63) is 35.4 Å². The zero-order valence-electron chi connectivity index (χ0n) is 12.6. The Hall–Kier alpha value is -1.10. The van der Waals surface area contributed by atoms with Crippen LogP contribution in [-0.2, 0) is 16.1 Å². The summed E-state index contributed by atoms with van der Waals surface area (Å²) in [7, 11) is 3.26. The Balaban J connectivity index is 0.00000361. The number of hydrogen-bond donors (Lipinski definition) is 1. The largest absolute Gasteiger partial charge is 0.370 e. The number of halogens is 1. The highest BCUT2D eigenvalue weighted by molar-refractivity contribution is 5.85. The third-order valence-corrected chi connectivity index (χ3v) is 3.22. The molecule has 0 saturated heterocycles. The summed E-state index contributed by atoms with van der Waals surface area (Å²) in [6.45, 7) is 5.09. The zero-order valence-corrected chi connectivity index (χ0v) is 13.4. The molecule has 0 heterocycles. The van der Waals surface area contributed by atoms with Crippen molar-refractivity contribution in [1.82, 2.24) is 4.90 Å². The number of likely N-dealkylation sites (N-methyl/N-ethyl adjacent to an activating group) is 1. The first-order valence-electron chi connectivity index (χ1n) is 6.56. The maximum absolute atomic E-state index is 12.0. The molecule has 0 fully saturated rings. The van der Waals surface area contributed by atoms with E-state index < -0.39 is 6.10 Å². The lowest BCUT2D eigenvalue weighted by molar-refractivity contribution is -0.140. The van der Waals surface area contributed by atoms with Crippen molar-refractivity contribution in [1.29, 1.82) is 0 Å². The van der Waals surface area contributed by atoms with E-state index in [1.54, 1.807) is 11.9 Å². The topological polar surface area (TPSA) is 55.6 Å². The summed E-state index contributed by atoms with van der Waals surface area (Å²) in [6.07, 6.45) is -0.556. The second-order valence-electron chi connectivity index (χ2n) is 5.05. The van der Waals surface area contributed by atoms with Crippen LogP contribution in [0.4, 0.5) is 0 Å². The molecule has 0 aliphatic rings. The minimum Gasteiger partial charge on any atom is -0.370 e. The lowest BCUT2D eigenvalue weighted by atomic mass is 10.0. The molecule has 1 amide bonds. The number of ether oxygens (including phenoxy) is 1. The van der Waals surface area contributed by atoms with Gasteiger partial charge in [0.05, 0.1) is 0 Å². The molecule has 2 N–H and O–H groups in total. The Morgan fingerprint density at radius 3 is 2.25 bits per heavy atom. The van der Waals surface area contributed by atoms with Gasteiger partial charge in [-0.25, -0.2) is 0 Å². The fourth-order valence-electron chi connectivity index (χ4n) is 1.90. The van der Waals surface area contributed by atoms with Crippen molar-refractivity contribution in [3.8, 4) is 0 Å². The van der Waals surface area contributed by atoms with Gasteiger partial charge >= 0.3 is 0 Å². The van der Waals surface area contributed by atoms with Gasteiger partial charge in [-0.15, -0.1) is 12.4 Å². The van der Waals surface area contributed by atoms with Gasteiger partial charge in [-0.3, -0.25) is 4.79 Å². The molecule has 5 heteroatoms. The molecule has 4 nitrogen and oxygen atoms in total. The van der Waals surface area contributed by atoms with Gasteiger partial charge in [0.1, 0.15) is 6.10 Å². The fraction of sp³-hybridized carbons (Fsp3) is 0.533. The van der Waals surface area contributed by atoms with Gasteiger partial charge in [0, 0.05) is 27.2 Å². The summed E-state index contributed by atoms with van der Waals surface area (Å²) in [5.41, 5.74) is 7.90. The molecule has 0 saturated carbocycles. The number of rotatable bonds is 6. The van der Waals surface area contributed by atoms with Gasteiger partial charge in [0.25, 0.3) is 5.91 Å². The SMILES string of the molecule is COC(CN)C(=O)N(C)Cc1ccc(C(C)C)cc1.Cl. The first-order valence-corrected chi connectivity index (χ1v) is 6.56. The zero-order chi connectivity index (χ0) is 14.4. The van der Waals surface area contributed by atoms with E-state index in [1.165, 1.54) is 12.7 Å². The summed E-state index contributed by atoms with van der Waals surface area (Å²) in [6, 6.07) is 8.33. The van der Waals surface area contributed by atoms with Crippen molar-refractivity contribution in [2.24, 2.45) is 5.73 Å². The number of benzene rings is 1. The quantitative estimate of drug-likeness (QED) is 0.876. The van der Waals surface area contributed by atoms with Crippen LogP contribution in [0.25, 0.3) is 0 Å². The molecular weight excluding hydrogens is 276 g/mol. The summed E-state index contributed by atoms with van der Waals surface area (Å²) in [5, 5.41) is 0. The Labute approximate surface area is 127 Å². The Morgan fingerprint density at radius 2 is 1.85 bits per heavy atom. The van der Waals surface area contributed by atoms with E-state index in [0.29, 0.717) is 12.5 Å². The van der Waals surface area contributed by atoms with Gasteiger partial charge in [-0.1, -0.05) is 38.1 Å². The number of carbonyl (C=O) groups excluding carboxylic acids is 1. The lowest BCUT2D eigenvalue weighted by Crippen LogP contribution is -2.41. The maximum atomic E-state index is 12.0. The van der Waals surface area contributed by atoms with Crippen molar-refractivity contribution in [2.45, 2.75) is 32.4 Å². The molecule has 0 spiro atoms. The Bertz CT molecular complexity index is 403. The predicted octanol–water partition coefficient (Wildman–Crippen LogP) is 2.16. The molecule has 0 aromatic heterocycles. The van der Waals surface area contributed by atoms with Gasteiger partial charge < -0.3 is 15.4 Å². The van der Waals surface area contributed by atoms with Crippen molar-refractivity contribution < 1.29 is 9.53 Å². The second-order valence-corrected chi connectivity index (χ2v) is 5.05. The highest BCUT2D eigenvalue weighted by Gasteiger charge is 2.20. The highest BCUT2D eigenvalue weighted by Crippen LogP contribution is 2.15. The molecule has 1 unspecified atom stereocenters. The molecule has 1 rings (SSSR count). The maximum Gasteiger partial charge on any atom is 0.253 e. The molecule has 114 valence electrons. The summed E-state index contributed by atoms with van der Waals surface area (Å²) >= 11 is 0. The van der Waals surface area contributed by atoms with Gasteiger partial charge in [0.2, 0.25) is 0 Å². The minimum absolute atomic E-state index is 0. The van der Waals surface area contributed by atoms with Gasteiger partial charge in [-0.05, 0) is 17.0 Å². The van der Waals surface area contributed by atoms with Crippen molar-refractivity contribution in [2.75, 3.05) is 20.7 Å². The third kappa shape index (κ3) is 5.12. The fourth-order valence-corrected chi connectivity index (χ4v) is 1.90. The average molecular weight is 301 g/mol. The predicted molar refractivity (Wildman–Crippen MR) is 84.1 cm³/mol. The lowest BCUT2D eigenvalue weighted by Gasteiger charge is -2.22. The Kier molecular flexibility index (Phi) is 8.46. The van der Waals surface area contributed by atoms with Crippen LogP contribution in [0.1, 0.15) is 30.9 Å². The number of hydrogen-bond acceptors (Lipinski definition) is 3. The molecule has 0 radical (unpaired) electrons. The van der Waals surface area contributed by atoms with Crippen LogP contribution < -0.4 is 5.73 Å². The Morgan fingerprint density at radius 1 is 1.30 bits per heavy atom. The van der Waals surface area contributed by atoms with E-state index in [9.17, 15) is 4.79 Å². The molecule has 0 aliphatic heterocycles. The summed E-state index contributed by atoms with van der Waals surface area (Å²) < 4.78 is 5.05. The van der Waals surface area contributed by atoms with E-state index >= 15 is 0 Å². The summed E-state index contributed by atoms with van der Waals surface area (Å²) in [4.78, 5) is 13.7. The second kappa shape index (κ2) is 8.95. The van der Waals surface area contributed by atoms with E-state index in [-0.39, 0.29) is 24.9 Å². The van der Waals surface area contributed by atoms with Crippen LogP contribution in [0.2, 0.25) is 0 Å². The number of carbonyl (C=O) groups is 1. The van der Waals surface area contributed by atoms with Crippen LogP contribution >= 0.6 is 12.4 Å². The monoisotopic (exact) mass is 300 g/mol. The smallest absolute Gasteiger partial charge is 0.253 e. The molecule has 1 aromatic rings. The first kappa shape index (κ1) is 18.9. The normalized spacial score (nSPS) is 11.9. The van der Waals surface area contributed by atoms with Crippen LogP contribution in [0.3, 0.4) is 0 Å². The van der Waals surface area contributed by atoms with Crippen LogP contribution in [-0.4, -0.2) is 37.6 Å². The van der Waals surface area contributed by atoms with Crippen LogP contribution in [0.15, 0.2) is 24.3 Å². The number of nitrogens with two attached hydrogens (primary N) is 1. The average Bonchev–Trinajstić information content (AvgIpc) is 2.40. The minimum atomic E-state index is -0.556. The van der Waals surface area contributed by atoms with Gasteiger partial charge in [0.15, 0.2) is 0 Å². The molecule has 1 atom stereocenters. The highest BCUT2D eigenvalue weighted by atomic mass is 35.5. The van der Waals surface area contributed by atoms with Crippen molar-refractivity contribution >= 4 is 18.3 Å². The molecular formula is C15H25ClN2O2. The number of amides is 1. The van der Waals surface area contributed by atoms with E-state index in [0.717, 1.165) is 5.56 Å². The standard InChI is InChI=1S/C15H24N2O2.ClH/c1-11(2)13-7-5-12(6-8-13)10-17(3)15(18)14(9-16)19-4;/h5-8,11,14H,9-10,16H2,1-4H3;1H. The number of nitrogens with zero attached hydrogens (tertiary/aromatic N) is 1. The van der Waals surface area contributed by atoms with E-state index in [2.05, 4.69) is 38.1 Å². The molecule has 0 bridgehead atoms. The van der Waals surface area contributed by atoms with Crippen LogP contribution in [0, 0.1) is 0 Å². The van der Waals surface area contributed by atoms with Crippen LogP contribution in [0.5, 0.6) is 0 Å². The molecule has 0 aliphatic carbocycles. The van der Waals surface area contributed by atoms with Crippen molar-refractivity contribution in [3.63, 3.8) is 0 Å². The summed E-state index contributed by atoms with van der Waals surface area (Å²) in [5.74, 6) is 0.432. The molecule has 20 heavy (non-hydrogen) atoms. The van der Waals surface area contributed by atoms with Gasteiger partial charge in [-0.2, -0.15) is 0 Å². The molecule has 1 aromatic carbocycles. The first-order chi connectivity index (χ1) is 8.99. The third-order valence-electron chi connectivity index (χ3n) is 3.22. The van der Waals surface area contributed by atoms with E-state index in [1.807, 2.05) is 0 Å². The number of methoxy groups -OCH3 is 1. The van der Waals surface area contributed by atoms with E-state index in [4.69, 9.17) is 10.5 Å².